The van der Waals surface area contributed by atoms with Crippen molar-refractivity contribution in [3.05, 3.63) is 105 Å². The van der Waals surface area contributed by atoms with Gasteiger partial charge in [0.1, 0.15) is 29.6 Å². The molecule has 0 radical (unpaired) electrons. The number of non-ortho nitro benzene ring substituents is 1. The number of amides is 1. The minimum Gasteiger partial charge on any atom is -0.488 e. The van der Waals surface area contributed by atoms with Crippen LogP contribution in [0.3, 0.4) is 0 Å². The first-order valence-corrected chi connectivity index (χ1v) is 9.59. The fourth-order valence-corrected chi connectivity index (χ4v) is 2.88. The van der Waals surface area contributed by atoms with Gasteiger partial charge in [-0.2, -0.15) is 5.26 Å². The molecule has 0 aliphatic heterocycles. The number of anilines is 1. The number of nitro groups is 1. The molecule has 0 saturated heterocycles. The predicted octanol–water partition coefficient (Wildman–Crippen LogP) is 4.42. The summed E-state index contributed by atoms with van der Waals surface area (Å²) in [6, 6.07) is 20.5. The second kappa shape index (κ2) is 10.4. The normalized spacial score (nSPS) is 10.7. The van der Waals surface area contributed by atoms with Crippen LogP contribution in [0, 0.1) is 21.4 Å². The lowest BCUT2D eigenvalue weighted by Gasteiger charge is -2.10. The molecule has 0 bridgehead atoms. The molecular weight excluding hydrogens is 426 g/mol. The van der Waals surface area contributed by atoms with E-state index < -0.39 is 16.8 Å². The summed E-state index contributed by atoms with van der Waals surface area (Å²) in [7, 11) is 0. The number of rotatable bonds is 8. The lowest BCUT2D eigenvalue weighted by atomic mass is 10.1. The number of aromatic carboxylic acids is 1. The standard InChI is InChI=1S/C24H17N3O6/c25-14-18(23(28)26-19-7-4-8-20(13-19)27(31)32)11-17-9-10-22(21(12-17)24(29)30)33-15-16-5-2-1-3-6-16/h1-13H,15H2,(H,26,28)(H,29,30). The maximum atomic E-state index is 12.5. The molecule has 3 aromatic carbocycles. The van der Waals surface area contributed by atoms with Crippen LogP contribution in [0.15, 0.2) is 78.4 Å². The Morgan fingerprint density at radius 2 is 1.85 bits per heavy atom. The van der Waals surface area contributed by atoms with Crippen LogP contribution in [0.2, 0.25) is 0 Å². The Labute approximate surface area is 188 Å². The molecule has 0 heterocycles. The quantitative estimate of drug-likeness (QED) is 0.227. The van der Waals surface area contributed by atoms with Gasteiger partial charge in [0, 0.05) is 17.8 Å². The highest BCUT2D eigenvalue weighted by atomic mass is 16.6. The molecule has 164 valence electrons. The summed E-state index contributed by atoms with van der Waals surface area (Å²) in [4.78, 5) is 34.4. The number of ether oxygens (including phenoxy) is 1. The van der Waals surface area contributed by atoms with Crippen LogP contribution < -0.4 is 10.1 Å². The number of nitro benzene ring substituents is 1. The number of nitrogens with one attached hydrogen (secondary N) is 1. The molecule has 0 spiro atoms. The van der Waals surface area contributed by atoms with Gasteiger partial charge in [-0.15, -0.1) is 0 Å². The molecule has 3 rings (SSSR count). The number of hydrogen-bond donors (Lipinski definition) is 2. The first-order valence-electron chi connectivity index (χ1n) is 9.59. The fraction of sp³-hybridized carbons (Fsp3) is 0.0417. The number of nitriles is 1. The zero-order chi connectivity index (χ0) is 23.8. The summed E-state index contributed by atoms with van der Waals surface area (Å²) in [5.41, 5.74) is 0.651. The number of nitrogens with zero attached hydrogens (tertiary/aromatic N) is 2. The van der Waals surface area contributed by atoms with Crippen LogP contribution in [0.4, 0.5) is 11.4 Å². The summed E-state index contributed by atoms with van der Waals surface area (Å²) in [6.45, 7) is 0.172. The van der Waals surface area contributed by atoms with Crippen LogP contribution in [0.1, 0.15) is 21.5 Å². The van der Waals surface area contributed by atoms with Crippen molar-refractivity contribution in [3.63, 3.8) is 0 Å². The third-order valence-electron chi connectivity index (χ3n) is 4.46. The van der Waals surface area contributed by atoms with Crippen LogP contribution in [0.25, 0.3) is 6.08 Å². The minimum atomic E-state index is -1.23. The Hall–Kier alpha value is -4.97. The molecule has 0 fully saturated rings. The van der Waals surface area contributed by atoms with Gasteiger partial charge in [0.15, 0.2) is 0 Å². The Bertz CT molecular complexity index is 1280. The van der Waals surface area contributed by atoms with E-state index in [0.29, 0.717) is 5.56 Å². The van der Waals surface area contributed by atoms with Crippen LogP contribution in [-0.2, 0) is 11.4 Å². The SMILES string of the molecule is N#CC(=Cc1ccc(OCc2ccccc2)c(C(=O)O)c1)C(=O)Nc1cccc([N+](=O)[O-])c1. The van der Waals surface area contributed by atoms with Gasteiger partial charge in [-0.25, -0.2) is 4.79 Å². The van der Waals surface area contributed by atoms with E-state index in [9.17, 15) is 30.1 Å². The van der Waals surface area contributed by atoms with Crippen molar-refractivity contribution in [1.82, 2.24) is 0 Å². The highest BCUT2D eigenvalue weighted by Gasteiger charge is 2.15. The number of carbonyl (C=O) groups excluding carboxylic acids is 1. The first kappa shape index (κ1) is 22.7. The van der Waals surface area contributed by atoms with E-state index in [-0.39, 0.29) is 34.9 Å². The van der Waals surface area contributed by atoms with E-state index >= 15 is 0 Å². The fourth-order valence-electron chi connectivity index (χ4n) is 2.88. The summed E-state index contributed by atoms with van der Waals surface area (Å²) in [6.07, 6.45) is 1.22. The average molecular weight is 443 g/mol. The molecule has 1 amide bonds. The molecule has 0 aliphatic carbocycles. The highest BCUT2D eigenvalue weighted by Crippen LogP contribution is 2.24. The molecule has 0 saturated carbocycles. The van der Waals surface area contributed by atoms with Crippen molar-refractivity contribution in [1.29, 1.82) is 5.26 Å². The van der Waals surface area contributed by atoms with Crippen molar-refractivity contribution in [2.24, 2.45) is 0 Å². The predicted molar refractivity (Wildman–Crippen MR) is 119 cm³/mol. The average Bonchev–Trinajstić information content (AvgIpc) is 2.82. The Morgan fingerprint density at radius 1 is 1.09 bits per heavy atom. The van der Waals surface area contributed by atoms with Gasteiger partial charge in [-0.1, -0.05) is 42.5 Å². The van der Waals surface area contributed by atoms with Gasteiger partial charge in [0.2, 0.25) is 0 Å². The highest BCUT2D eigenvalue weighted by molar-refractivity contribution is 6.09. The van der Waals surface area contributed by atoms with Crippen molar-refractivity contribution >= 4 is 29.3 Å². The number of carboxylic acids is 1. The molecule has 2 N–H and O–H groups in total. The molecule has 0 unspecified atom stereocenters. The van der Waals surface area contributed by atoms with E-state index in [1.54, 1.807) is 6.07 Å². The summed E-state index contributed by atoms with van der Waals surface area (Å²) >= 11 is 0. The third kappa shape index (κ3) is 6.02. The number of benzene rings is 3. The Kier molecular flexibility index (Phi) is 7.13. The Balaban J connectivity index is 1.81. The second-order valence-corrected chi connectivity index (χ2v) is 6.77. The van der Waals surface area contributed by atoms with Gasteiger partial charge in [0.25, 0.3) is 11.6 Å². The molecular formula is C24H17N3O6. The largest absolute Gasteiger partial charge is 0.488 e. The van der Waals surface area contributed by atoms with E-state index in [1.807, 2.05) is 30.3 Å². The number of hydrogen-bond acceptors (Lipinski definition) is 6. The topological polar surface area (TPSA) is 143 Å². The van der Waals surface area contributed by atoms with Crippen LogP contribution in [0.5, 0.6) is 5.75 Å². The van der Waals surface area contributed by atoms with Gasteiger partial charge < -0.3 is 15.2 Å². The summed E-state index contributed by atoms with van der Waals surface area (Å²) in [5, 5.41) is 32.3. The zero-order valence-corrected chi connectivity index (χ0v) is 17.1. The van der Waals surface area contributed by atoms with Crippen molar-refractivity contribution < 1.29 is 24.4 Å². The molecule has 0 aromatic heterocycles. The van der Waals surface area contributed by atoms with Gasteiger partial charge >= 0.3 is 5.97 Å². The van der Waals surface area contributed by atoms with Crippen LogP contribution >= 0.6 is 0 Å². The number of carbonyl (C=O) groups is 2. The monoisotopic (exact) mass is 443 g/mol. The van der Waals surface area contributed by atoms with Crippen molar-refractivity contribution in [2.75, 3.05) is 5.32 Å². The van der Waals surface area contributed by atoms with Gasteiger partial charge in [-0.05, 0) is 35.4 Å². The molecule has 33 heavy (non-hydrogen) atoms. The second-order valence-electron chi connectivity index (χ2n) is 6.77. The first-order chi connectivity index (χ1) is 15.9. The van der Waals surface area contributed by atoms with E-state index in [1.165, 1.54) is 42.5 Å². The minimum absolute atomic E-state index is 0.129. The Morgan fingerprint density at radius 3 is 2.52 bits per heavy atom. The third-order valence-corrected chi connectivity index (χ3v) is 4.46. The molecule has 0 aliphatic rings. The van der Waals surface area contributed by atoms with E-state index in [0.717, 1.165) is 11.6 Å². The maximum Gasteiger partial charge on any atom is 0.339 e. The molecule has 9 heteroatoms. The molecule has 0 atom stereocenters. The lowest BCUT2D eigenvalue weighted by Crippen LogP contribution is -2.13. The van der Waals surface area contributed by atoms with Gasteiger partial charge in [0.05, 0.1) is 4.92 Å². The maximum absolute atomic E-state index is 12.5. The summed E-state index contributed by atoms with van der Waals surface area (Å²) in [5.74, 6) is -1.88. The summed E-state index contributed by atoms with van der Waals surface area (Å²) < 4.78 is 5.63. The van der Waals surface area contributed by atoms with Crippen molar-refractivity contribution in [2.45, 2.75) is 6.61 Å². The molecule has 9 nitrogen and oxygen atoms in total. The van der Waals surface area contributed by atoms with Crippen LogP contribution in [-0.4, -0.2) is 21.9 Å². The lowest BCUT2D eigenvalue weighted by molar-refractivity contribution is -0.384. The molecule has 3 aromatic rings. The van der Waals surface area contributed by atoms with E-state index in [4.69, 9.17) is 4.74 Å². The van der Waals surface area contributed by atoms with Gasteiger partial charge in [-0.3, -0.25) is 14.9 Å². The van der Waals surface area contributed by atoms with E-state index in [2.05, 4.69) is 5.32 Å². The smallest absolute Gasteiger partial charge is 0.339 e. The van der Waals surface area contributed by atoms with Crippen molar-refractivity contribution in [3.8, 4) is 11.8 Å². The zero-order valence-electron chi connectivity index (χ0n) is 17.1. The number of carboxylic acid groups (broad SMARTS) is 1.